The lowest BCUT2D eigenvalue weighted by atomic mass is 9.83. The SMILES string of the molecule is CCC(C)C1C(=O)OC1C(=O)NCCCC(NC(=O)C(C)N)C(=O)OCc1ccccc1. The largest absolute Gasteiger partial charge is 0.459 e. The van der Waals surface area contributed by atoms with Crippen molar-refractivity contribution >= 4 is 23.8 Å². The van der Waals surface area contributed by atoms with E-state index in [1.807, 2.05) is 44.2 Å². The van der Waals surface area contributed by atoms with Gasteiger partial charge in [0, 0.05) is 6.54 Å². The third-order valence-corrected chi connectivity index (χ3v) is 5.56. The molecule has 0 radical (unpaired) electrons. The van der Waals surface area contributed by atoms with Crippen LogP contribution in [0.25, 0.3) is 0 Å². The minimum Gasteiger partial charge on any atom is -0.459 e. The quantitative estimate of drug-likeness (QED) is 0.322. The highest BCUT2D eigenvalue weighted by Crippen LogP contribution is 2.31. The van der Waals surface area contributed by atoms with Crippen molar-refractivity contribution in [2.24, 2.45) is 17.6 Å². The summed E-state index contributed by atoms with van der Waals surface area (Å²) in [6, 6.07) is 7.55. The van der Waals surface area contributed by atoms with Crippen LogP contribution in [0.2, 0.25) is 0 Å². The first-order valence-corrected chi connectivity index (χ1v) is 11.0. The Morgan fingerprint density at radius 2 is 1.88 bits per heavy atom. The fraction of sp³-hybridized carbons (Fsp3) is 0.565. The van der Waals surface area contributed by atoms with Gasteiger partial charge < -0.3 is 25.8 Å². The highest BCUT2D eigenvalue weighted by molar-refractivity contribution is 5.94. The molecule has 0 aromatic heterocycles. The second-order valence-corrected chi connectivity index (χ2v) is 8.15. The van der Waals surface area contributed by atoms with Crippen LogP contribution >= 0.6 is 0 Å². The number of cyclic esters (lactones) is 1. The van der Waals surface area contributed by atoms with Crippen LogP contribution in [-0.4, -0.2) is 48.5 Å². The Morgan fingerprint density at radius 3 is 2.47 bits per heavy atom. The molecule has 1 aromatic carbocycles. The average Bonchev–Trinajstić information content (AvgIpc) is 2.77. The molecule has 1 fully saturated rings. The van der Waals surface area contributed by atoms with E-state index < -0.39 is 36.0 Å². The molecule has 0 saturated carbocycles. The Morgan fingerprint density at radius 1 is 1.19 bits per heavy atom. The highest BCUT2D eigenvalue weighted by atomic mass is 16.6. The maximum absolute atomic E-state index is 12.5. The highest BCUT2D eigenvalue weighted by Gasteiger charge is 2.49. The summed E-state index contributed by atoms with van der Waals surface area (Å²) < 4.78 is 10.3. The molecule has 1 aliphatic rings. The maximum atomic E-state index is 12.5. The maximum Gasteiger partial charge on any atom is 0.328 e. The lowest BCUT2D eigenvalue weighted by molar-refractivity contribution is -0.193. The monoisotopic (exact) mass is 447 g/mol. The topological polar surface area (TPSA) is 137 Å². The first kappa shape index (κ1) is 25.3. The first-order valence-electron chi connectivity index (χ1n) is 11.0. The van der Waals surface area contributed by atoms with Crippen LogP contribution in [0.4, 0.5) is 0 Å². The van der Waals surface area contributed by atoms with Crippen molar-refractivity contribution in [3.63, 3.8) is 0 Å². The molecule has 0 bridgehead atoms. The number of rotatable bonds is 12. The summed E-state index contributed by atoms with van der Waals surface area (Å²) in [5, 5.41) is 5.34. The van der Waals surface area contributed by atoms with Crippen molar-refractivity contribution < 1.29 is 28.7 Å². The van der Waals surface area contributed by atoms with Gasteiger partial charge in [0.1, 0.15) is 18.6 Å². The molecule has 1 aliphatic heterocycles. The molecular formula is C23H33N3O6. The van der Waals surface area contributed by atoms with E-state index in [2.05, 4.69) is 10.6 Å². The van der Waals surface area contributed by atoms with E-state index in [4.69, 9.17) is 15.2 Å². The van der Waals surface area contributed by atoms with Crippen molar-refractivity contribution in [1.29, 1.82) is 0 Å². The standard InChI is InChI=1S/C23H33N3O6/c1-4-14(2)18-19(32-23(18)30)21(28)25-12-8-11-17(26-20(27)15(3)24)22(29)31-13-16-9-6-5-7-10-16/h5-7,9-10,14-15,17-19H,4,8,11-13,24H2,1-3H3,(H,25,28)(H,26,27). The van der Waals surface area contributed by atoms with Gasteiger partial charge in [-0.05, 0) is 31.2 Å². The normalized spacial score (nSPS) is 20.2. The molecule has 9 nitrogen and oxygen atoms in total. The Bertz CT molecular complexity index is 798. The average molecular weight is 448 g/mol. The van der Waals surface area contributed by atoms with Crippen LogP contribution in [0.5, 0.6) is 0 Å². The molecule has 1 heterocycles. The Labute approximate surface area is 188 Å². The van der Waals surface area contributed by atoms with Crippen LogP contribution in [0, 0.1) is 11.8 Å². The van der Waals surface area contributed by atoms with Gasteiger partial charge in [-0.15, -0.1) is 0 Å². The molecule has 5 atom stereocenters. The molecular weight excluding hydrogens is 414 g/mol. The molecule has 0 spiro atoms. The number of carbonyl (C=O) groups excluding carboxylic acids is 4. The van der Waals surface area contributed by atoms with Crippen molar-refractivity contribution in [2.45, 2.75) is 64.8 Å². The minimum atomic E-state index is -0.886. The van der Waals surface area contributed by atoms with Crippen molar-refractivity contribution in [3.05, 3.63) is 35.9 Å². The number of nitrogens with two attached hydrogens (primary N) is 1. The summed E-state index contributed by atoms with van der Waals surface area (Å²) in [6.45, 7) is 5.74. The summed E-state index contributed by atoms with van der Waals surface area (Å²) in [7, 11) is 0. The Kier molecular flexibility index (Phi) is 9.64. The van der Waals surface area contributed by atoms with Crippen LogP contribution in [0.3, 0.4) is 0 Å². The number of esters is 2. The van der Waals surface area contributed by atoms with Gasteiger partial charge in [0.2, 0.25) is 5.91 Å². The molecule has 0 aliphatic carbocycles. The van der Waals surface area contributed by atoms with Crippen molar-refractivity contribution in [1.82, 2.24) is 10.6 Å². The van der Waals surface area contributed by atoms with E-state index >= 15 is 0 Å². The van der Waals surface area contributed by atoms with Crippen LogP contribution in [-0.2, 0) is 35.3 Å². The molecule has 5 unspecified atom stereocenters. The third-order valence-electron chi connectivity index (χ3n) is 5.56. The smallest absolute Gasteiger partial charge is 0.328 e. The fourth-order valence-corrected chi connectivity index (χ4v) is 3.33. The Hall–Kier alpha value is -2.94. The molecule has 1 saturated heterocycles. The van der Waals surface area contributed by atoms with Gasteiger partial charge in [-0.25, -0.2) is 4.79 Å². The van der Waals surface area contributed by atoms with E-state index in [1.165, 1.54) is 6.92 Å². The Balaban J connectivity index is 1.83. The lowest BCUT2D eigenvalue weighted by Gasteiger charge is -2.37. The van der Waals surface area contributed by atoms with Gasteiger partial charge in [-0.3, -0.25) is 14.4 Å². The molecule has 2 rings (SSSR count). The number of hydrogen-bond acceptors (Lipinski definition) is 7. The number of ether oxygens (including phenoxy) is 2. The van der Waals surface area contributed by atoms with Crippen LogP contribution in [0.1, 0.15) is 45.6 Å². The van der Waals surface area contributed by atoms with Gasteiger partial charge in [0.05, 0.1) is 6.04 Å². The van der Waals surface area contributed by atoms with Gasteiger partial charge in [-0.1, -0.05) is 50.6 Å². The molecule has 4 N–H and O–H groups in total. The van der Waals surface area contributed by atoms with E-state index in [-0.39, 0.29) is 37.4 Å². The predicted molar refractivity (Wildman–Crippen MR) is 117 cm³/mol. The van der Waals surface area contributed by atoms with Gasteiger partial charge in [0.25, 0.3) is 5.91 Å². The summed E-state index contributed by atoms with van der Waals surface area (Å²) in [5.41, 5.74) is 6.43. The molecule has 9 heteroatoms. The molecule has 32 heavy (non-hydrogen) atoms. The van der Waals surface area contributed by atoms with Gasteiger partial charge in [-0.2, -0.15) is 0 Å². The lowest BCUT2D eigenvalue weighted by Crippen LogP contribution is -2.56. The van der Waals surface area contributed by atoms with Crippen LogP contribution < -0.4 is 16.4 Å². The molecule has 2 amide bonds. The second-order valence-electron chi connectivity index (χ2n) is 8.15. The second kappa shape index (κ2) is 12.2. The van der Waals surface area contributed by atoms with Gasteiger partial charge in [0.15, 0.2) is 6.10 Å². The fourth-order valence-electron chi connectivity index (χ4n) is 3.33. The number of carbonyl (C=O) groups is 4. The zero-order valence-electron chi connectivity index (χ0n) is 18.8. The first-order chi connectivity index (χ1) is 15.2. The summed E-state index contributed by atoms with van der Waals surface area (Å²) in [6.07, 6.45) is 0.660. The molecule has 176 valence electrons. The minimum absolute atomic E-state index is 0.0595. The van der Waals surface area contributed by atoms with Crippen molar-refractivity contribution in [3.8, 4) is 0 Å². The van der Waals surface area contributed by atoms with E-state index in [1.54, 1.807) is 0 Å². The zero-order valence-corrected chi connectivity index (χ0v) is 18.8. The summed E-state index contributed by atoms with van der Waals surface area (Å²) in [4.78, 5) is 48.5. The summed E-state index contributed by atoms with van der Waals surface area (Å²) >= 11 is 0. The molecule has 1 aromatic rings. The van der Waals surface area contributed by atoms with Crippen molar-refractivity contribution in [2.75, 3.05) is 6.54 Å². The predicted octanol–water partition coefficient (Wildman–Crippen LogP) is 1.05. The number of nitrogens with one attached hydrogen (secondary N) is 2. The van der Waals surface area contributed by atoms with E-state index in [0.717, 1.165) is 12.0 Å². The third kappa shape index (κ3) is 7.05. The zero-order chi connectivity index (χ0) is 23.7. The summed E-state index contributed by atoms with van der Waals surface area (Å²) in [5.74, 6) is -2.10. The van der Waals surface area contributed by atoms with E-state index in [9.17, 15) is 19.2 Å². The number of hydrogen-bond donors (Lipinski definition) is 3. The number of benzene rings is 1. The number of amides is 2. The van der Waals surface area contributed by atoms with Gasteiger partial charge >= 0.3 is 11.9 Å². The van der Waals surface area contributed by atoms with E-state index in [0.29, 0.717) is 6.42 Å². The van der Waals surface area contributed by atoms with Crippen LogP contribution in [0.15, 0.2) is 30.3 Å².